The highest BCUT2D eigenvalue weighted by Gasteiger charge is 2.10. The first-order chi connectivity index (χ1) is 7.26. The number of carbonyl (C=O) groups is 1. The van der Waals surface area contributed by atoms with Crippen LogP contribution < -0.4 is 5.32 Å². The van der Waals surface area contributed by atoms with Gasteiger partial charge in [0.05, 0.1) is 6.42 Å². The van der Waals surface area contributed by atoms with Crippen LogP contribution in [-0.2, 0) is 11.2 Å². The molecule has 0 aromatic carbocycles. The summed E-state index contributed by atoms with van der Waals surface area (Å²) in [6.07, 6.45) is 2.49. The zero-order chi connectivity index (χ0) is 11.1. The van der Waals surface area contributed by atoms with Gasteiger partial charge < -0.3 is 5.32 Å². The molecule has 1 aromatic rings. The van der Waals surface area contributed by atoms with Gasteiger partial charge in [-0.25, -0.2) is 0 Å². The molecular weight excluding hydrogens is 274 g/mol. The molecule has 0 aliphatic carbocycles. The molecule has 1 N–H and O–H groups in total. The van der Waals surface area contributed by atoms with Gasteiger partial charge in [0.1, 0.15) is 0 Å². The Hall–Kier alpha value is -0.350. The molecule has 0 radical (unpaired) electrons. The van der Waals surface area contributed by atoms with Crippen molar-refractivity contribution >= 4 is 33.2 Å². The number of carbonyl (C=O) groups excluding carboxylic acids is 1. The van der Waals surface area contributed by atoms with Gasteiger partial charge >= 0.3 is 0 Å². The Morgan fingerprint density at radius 2 is 2.47 bits per heavy atom. The van der Waals surface area contributed by atoms with E-state index in [1.54, 1.807) is 11.3 Å². The number of thiophene rings is 1. The van der Waals surface area contributed by atoms with Crippen molar-refractivity contribution in [1.82, 2.24) is 5.32 Å². The highest BCUT2D eigenvalue weighted by Crippen LogP contribution is 2.09. The molecule has 0 fully saturated rings. The van der Waals surface area contributed by atoms with Crippen molar-refractivity contribution in [2.24, 2.45) is 0 Å². The number of hydrogen-bond acceptors (Lipinski definition) is 2. The van der Waals surface area contributed by atoms with Crippen LogP contribution in [0.1, 0.15) is 24.6 Å². The van der Waals surface area contributed by atoms with E-state index in [0.29, 0.717) is 12.5 Å². The molecule has 0 saturated heterocycles. The van der Waals surface area contributed by atoms with E-state index in [0.717, 1.165) is 23.0 Å². The number of rotatable bonds is 6. The van der Waals surface area contributed by atoms with Gasteiger partial charge in [0, 0.05) is 16.2 Å². The molecular formula is C11H16BrNOS. The zero-order valence-electron chi connectivity index (χ0n) is 8.83. The Labute approximate surface area is 103 Å². The summed E-state index contributed by atoms with van der Waals surface area (Å²) in [5.74, 6) is 0.130. The van der Waals surface area contributed by atoms with E-state index in [2.05, 4.69) is 28.2 Å². The zero-order valence-corrected chi connectivity index (χ0v) is 11.2. The van der Waals surface area contributed by atoms with Crippen LogP contribution in [0, 0.1) is 0 Å². The molecule has 4 heteroatoms. The molecule has 84 valence electrons. The Kier molecular flexibility index (Phi) is 5.95. The molecule has 0 spiro atoms. The summed E-state index contributed by atoms with van der Waals surface area (Å²) in [6.45, 7) is 2.10. The minimum atomic E-state index is 0.130. The lowest BCUT2D eigenvalue weighted by molar-refractivity contribution is -0.121. The topological polar surface area (TPSA) is 29.1 Å². The van der Waals surface area contributed by atoms with Gasteiger partial charge in [0.2, 0.25) is 5.91 Å². The van der Waals surface area contributed by atoms with Gasteiger partial charge in [0.15, 0.2) is 0 Å². The molecule has 0 aliphatic heterocycles. The van der Waals surface area contributed by atoms with E-state index in [9.17, 15) is 4.79 Å². The van der Waals surface area contributed by atoms with Crippen LogP contribution in [0.2, 0.25) is 0 Å². The van der Waals surface area contributed by atoms with E-state index in [-0.39, 0.29) is 5.91 Å². The van der Waals surface area contributed by atoms with Crippen LogP contribution in [0.5, 0.6) is 0 Å². The van der Waals surface area contributed by atoms with Crippen LogP contribution in [0.25, 0.3) is 0 Å². The number of hydrogen-bond donors (Lipinski definition) is 1. The van der Waals surface area contributed by atoms with E-state index in [4.69, 9.17) is 0 Å². The largest absolute Gasteiger partial charge is 0.353 e. The fourth-order valence-electron chi connectivity index (χ4n) is 1.36. The summed E-state index contributed by atoms with van der Waals surface area (Å²) in [5, 5.41) is 5.98. The summed E-state index contributed by atoms with van der Waals surface area (Å²) < 4.78 is 0. The predicted molar refractivity (Wildman–Crippen MR) is 68.7 cm³/mol. The molecule has 1 amide bonds. The SMILES string of the molecule is CCC(CCBr)NC(=O)Cc1cccs1. The first-order valence-corrected chi connectivity index (χ1v) is 7.14. The third kappa shape index (κ3) is 4.80. The van der Waals surface area contributed by atoms with Crippen molar-refractivity contribution in [2.75, 3.05) is 5.33 Å². The Balaban J connectivity index is 2.34. The van der Waals surface area contributed by atoms with E-state index >= 15 is 0 Å². The van der Waals surface area contributed by atoms with Crippen LogP contribution in [0.3, 0.4) is 0 Å². The maximum Gasteiger partial charge on any atom is 0.225 e. The molecule has 0 saturated carbocycles. The average molecular weight is 290 g/mol. The van der Waals surface area contributed by atoms with Gasteiger partial charge in [-0.05, 0) is 24.3 Å². The first-order valence-electron chi connectivity index (χ1n) is 5.14. The van der Waals surface area contributed by atoms with E-state index in [1.807, 2.05) is 17.5 Å². The van der Waals surface area contributed by atoms with Crippen molar-refractivity contribution in [3.05, 3.63) is 22.4 Å². The minimum absolute atomic E-state index is 0.130. The summed E-state index contributed by atoms with van der Waals surface area (Å²) in [4.78, 5) is 12.8. The van der Waals surface area contributed by atoms with Gasteiger partial charge in [-0.3, -0.25) is 4.79 Å². The molecule has 2 nitrogen and oxygen atoms in total. The van der Waals surface area contributed by atoms with E-state index in [1.165, 1.54) is 0 Å². The van der Waals surface area contributed by atoms with Gasteiger partial charge in [-0.1, -0.05) is 28.9 Å². The van der Waals surface area contributed by atoms with Crippen molar-refractivity contribution in [1.29, 1.82) is 0 Å². The molecule has 15 heavy (non-hydrogen) atoms. The third-order valence-electron chi connectivity index (χ3n) is 2.23. The minimum Gasteiger partial charge on any atom is -0.353 e. The van der Waals surface area contributed by atoms with Crippen molar-refractivity contribution in [3.63, 3.8) is 0 Å². The molecule has 1 heterocycles. The van der Waals surface area contributed by atoms with Crippen LogP contribution in [-0.4, -0.2) is 17.3 Å². The number of alkyl halides is 1. The molecule has 1 unspecified atom stereocenters. The molecule has 0 aliphatic rings. The molecule has 1 atom stereocenters. The highest BCUT2D eigenvalue weighted by molar-refractivity contribution is 9.09. The van der Waals surface area contributed by atoms with E-state index < -0.39 is 0 Å². The summed E-state index contributed by atoms with van der Waals surface area (Å²) in [7, 11) is 0. The number of halogens is 1. The quantitative estimate of drug-likeness (QED) is 0.802. The lowest BCUT2D eigenvalue weighted by Gasteiger charge is -2.15. The monoisotopic (exact) mass is 289 g/mol. The normalized spacial score (nSPS) is 12.4. The third-order valence-corrected chi connectivity index (χ3v) is 3.56. The number of amides is 1. The Morgan fingerprint density at radius 1 is 1.67 bits per heavy atom. The molecule has 1 rings (SSSR count). The molecule has 0 bridgehead atoms. The highest BCUT2D eigenvalue weighted by atomic mass is 79.9. The predicted octanol–water partition coefficient (Wildman–Crippen LogP) is 2.97. The average Bonchev–Trinajstić information content (AvgIpc) is 2.69. The van der Waals surface area contributed by atoms with Crippen LogP contribution in [0.15, 0.2) is 17.5 Å². The van der Waals surface area contributed by atoms with Crippen molar-refractivity contribution in [3.8, 4) is 0 Å². The second kappa shape index (κ2) is 7.01. The van der Waals surface area contributed by atoms with Gasteiger partial charge in [-0.2, -0.15) is 0 Å². The lowest BCUT2D eigenvalue weighted by Crippen LogP contribution is -2.35. The number of nitrogens with one attached hydrogen (secondary N) is 1. The summed E-state index contributed by atoms with van der Waals surface area (Å²) in [6, 6.07) is 4.27. The van der Waals surface area contributed by atoms with Crippen LogP contribution in [0.4, 0.5) is 0 Å². The Morgan fingerprint density at radius 3 is 3.00 bits per heavy atom. The second-order valence-electron chi connectivity index (χ2n) is 3.41. The molecule has 1 aromatic heterocycles. The van der Waals surface area contributed by atoms with Crippen molar-refractivity contribution < 1.29 is 4.79 Å². The summed E-state index contributed by atoms with van der Waals surface area (Å²) >= 11 is 5.02. The fourth-order valence-corrected chi connectivity index (χ4v) is 2.62. The van der Waals surface area contributed by atoms with Crippen LogP contribution >= 0.6 is 27.3 Å². The maximum atomic E-state index is 11.6. The first kappa shape index (κ1) is 12.7. The maximum absolute atomic E-state index is 11.6. The fraction of sp³-hybridized carbons (Fsp3) is 0.545. The summed E-state index contributed by atoms with van der Waals surface area (Å²) in [5.41, 5.74) is 0. The standard InChI is InChI=1S/C11H16BrNOS/c1-2-9(5-6-12)13-11(14)8-10-4-3-7-15-10/h3-4,7,9H,2,5-6,8H2,1H3,(H,13,14). The second-order valence-corrected chi connectivity index (χ2v) is 5.23. The smallest absolute Gasteiger partial charge is 0.225 e. The Bertz CT molecular complexity index is 287. The van der Waals surface area contributed by atoms with Gasteiger partial charge in [-0.15, -0.1) is 11.3 Å². The van der Waals surface area contributed by atoms with Gasteiger partial charge in [0.25, 0.3) is 0 Å². The lowest BCUT2D eigenvalue weighted by atomic mass is 10.1. The van der Waals surface area contributed by atoms with Crippen molar-refractivity contribution in [2.45, 2.75) is 32.2 Å².